The van der Waals surface area contributed by atoms with Crippen LogP contribution in [0.3, 0.4) is 0 Å². The number of rotatable bonds is 6. The van der Waals surface area contributed by atoms with Crippen LogP contribution in [-0.2, 0) is 9.16 Å². The van der Waals surface area contributed by atoms with E-state index in [9.17, 15) is 4.79 Å². The zero-order valence-electron chi connectivity index (χ0n) is 18.0. The van der Waals surface area contributed by atoms with Crippen LogP contribution in [0.5, 0.6) is 0 Å². The second-order valence-electron chi connectivity index (χ2n) is 9.20. The van der Waals surface area contributed by atoms with Crippen molar-refractivity contribution >= 4 is 14.4 Å². The van der Waals surface area contributed by atoms with Crippen LogP contribution in [0.2, 0.25) is 18.1 Å². The van der Waals surface area contributed by atoms with E-state index in [4.69, 9.17) is 9.16 Å². The quantitative estimate of drug-likeness (QED) is 0.395. The molecule has 5 nitrogen and oxygen atoms in total. The Labute approximate surface area is 155 Å². The summed E-state index contributed by atoms with van der Waals surface area (Å²) in [7, 11) is -0.370. The van der Waals surface area contributed by atoms with Gasteiger partial charge in [0.15, 0.2) is 8.32 Å². The predicted molar refractivity (Wildman–Crippen MR) is 108 cm³/mol. The van der Waals surface area contributed by atoms with Crippen molar-refractivity contribution in [2.45, 2.75) is 84.7 Å². The summed E-state index contributed by atoms with van der Waals surface area (Å²) in [6.07, 6.45) is 2.96. The first kappa shape index (κ1) is 23.9. The highest BCUT2D eigenvalue weighted by atomic mass is 28.4. The lowest BCUT2D eigenvalue weighted by molar-refractivity contribution is 0.00990. The van der Waals surface area contributed by atoms with Crippen molar-refractivity contribution in [1.29, 1.82) is 0 Å². The minimum atomic E-state index is -2.05. The predicted octanol–water partition coefficient (Wildman–Crippen LogP) is 5.23. The molecule has 0 aliphatic heterocycles. The first-order valence-electron chi connectivity index (χ1n) is 8.72. The number of hydrogen-bond acceptors (Lipinski definition) is 4. The van der Waals surface area contributed by atoms with Crippen LogP contribution in [-0.4, -0.2) is 37.7 Å². The summed E-state index contributed by atoms with van der Waals surface area (Å²) in [4.78, 5) is 12.6. The van der Waals surface area contributed by atoms with Crippen molar-refractivity contribution < 1.29 is 14.0 Å². The van der Waals surface area contributed by atoms with Crippen molar-refractivity contribution in [1.82, 2.24) is 10.4 Å². The van der Waals surface area contributed by atoms with Crippen molar-refractivity contribution in [3.8, 4) is 0 Å². The third kappa shape index (κ3) is 6.96. The molecule has 0 atom stereocenters. The van der Waals surface area contributed by atoms with Crippen molar-refractivity contribution in [3.05, 3.63) is 24.4 Å². The molecule has 0 unspecified atom stereocenters. The fraction of sp³-hybridized carbons (Fsp3) is 0.737. The van der Waals surface area contributed by atoms with Gasteiger partial charge in [-0.3, -0.25) is 0 Å². The molecular formula is C19H38N2O3Si. The first-order chi connectivity index (χ1) is 11.0. The van der Waals surface area contributed by atoms with E-state index in [-0.39, 0.29) is 5.04 Å². The highest BCUT2D eigenvalue weighted by Gasteiger charge is 2.44. The maximum Gasteiger partial charge on any atom is 0.429 e. The smallest absolute Gasteiger partial charge is 0.429 e. The number of allylic oxidation sites excluding steroid dienone is 2. The second-order valence-corrected chi connectivity index (χ2v) is 13.9. The molecule has 146 valence electrons. The molecule has 0 aromatic carbocycles. The van der Waals surface area contributed by atoms with Crippen LogP contribution < -0.4 is 5.43 Å². The number of carbonyl (C=O) groups is 1. The number of hydrogen-bond donors (Lipinski definition) is 1. The largest absolute Gasteiger partial charge is 0.442 e. The summed E-state index contributed by atoms with van der Waals surface area (Å²) >= 11 is 0. The molecule has 0 bridgehead atoms. The van der Waals surface area contributed by atoms with E-state index in [1.165, 1.54) is 5.01 Å². The highest BCUT2D eigenvalue weighted by molar-refractivity contribution is 6.74. The Hall–Kier alpha value is -1.11. The minimum absolute atomic E-state index is 0.0555. The molecule has 0 fully saturated rings. The van der Waals surface area contributed by atoms with Crippen LogP contribution in [0.25, 0.3) is 0 Å². The first-order valence-corrected chi connectivity index (χ1v) is 11.6. The lowest BCUT2D eigenvalue weighted by Gasteiger charge is -2.45. The number of ether oxygens (including phenoxy) is 1. The minimum Gasteiger partial charge on any atom is -0.442 e. The van der Waals surface area contributed by atoms with Gasteiger partial charge in [0.25, 0.3) is 0 Å². The molecule has 0 aliphatic carbocycles. The highest BCUT2D eigenvalue weighted by Crippen LogP contribution is 2.41. The molecule has 0 rings (SSSR count). The molecule has 6 heteroatoms. The van der Waals surface area contributed by atoms with Gasteiger partial charge in [0.1, 0.15) is 5.60 Å². The molecule has 1 N–H and O–H groups in total. The maximum atomic E-state index is 12.6. The molecule has 0 radical (unpaired) electrons. The average molecular weight is 371 g/mol. The normalized spacial score (nSPS) is 14.3. The molecule has 0 saturated heterocycles. The zero-order valence-corrected chi connectivity index (χ0v) is 19.0. The van der Waals surface area contributed by atoms with Gasteiger partial charge in [0, 0.05) is 7.05 Å². The standard InChI is InChI=1S/C19H38N2O3Si/c1-13-14-15(21(20-10)16(22)23-17(2,3)4)19(8,9)24-25(11,12)18(5,6)7/h13-14,20H,1H2,2-12H3/b15-14+. The van der Waals surface area contributed by atoms with Crippen molar-refractivity contribution in [2.75, 3.05) is 7.05 Å². The van der Waals surface area contributed by atoms with E-state index < -0.39 is 25.6 Å². The summed E-state index contributed by atoms with van der Waals surface area (Å²) < 4.78 is 12.1. The van der Waals surface area contributed by atoms with Gasteiger partial charge in [-0.1, -0.05) is 33.4 Å². The topological polar surface area (TPSA) is 50.8 Å². The van der Waals surface area contributed by atoms with E-state index >= 15 is 0 Å². The molecule has 0 spiro atoms. The number of hydrazine groups is 1. The van der Waals surface area contributed by atoms with E-state index in [0.717, 1.165) is 0 Å². The van der Waals surface area contributed by atoms with Crippen LogP contribution in [0, 0.1) is 0 Å². The maximum absolute atomic E-state index is 12.6. The molecular weight excluding hydrogens is 332 g/mol. The van der Waals surface area contributed by atoms with Gasteiger partial charge in [-0.15, -0.1) is 0 Å². The Morgan fingerprint density at radius 2 is 1.56 bits per heavy atom. The Kier molecular flexibility index (Phi) is 7.70. The molecule has 0 heterocycles. The lowest BCUT2D eigenvalue weighted by Crippen LogP contribution is -2.54. The summed E-state index contributed by atoms with van der Waals surface area (Å²) in [6, 6.07) is 0. The summed E-state index contributed by atoms with van der Waals surface area (Å²) in [5.74, 6) is 0. The van der Waals surface area contributed by atoms with Gasteiger partial charge in [0.05, 0.1) is 11.3 Å². The van der Waals surface area contributed by atoms with Gasteiger partial charge in [-0.25, -0.2) is 15.2 Å². The van der Waals surface area contributed by atoms with Crippen LogP contribution in [0.1, 0.15) is 55.4 Å². The number of nitrogens with zero attached hydrogens (tertiary/aromatic N) is 1. The summed E-state index contributed by atoms with van der Waals surface area (Å²) in [5.41, 5.74) is 2.29. The SMILES string of the molecule is C=C/C=C(/N(NC)C(=O)OC(C)(C)C)C(C)(C)O[Si](C)(C)C(C)(C)C. The fourth-order valence-electron chi connectivity index (χ4n) is 2.12. The van der Waals surface area contributed by atoms with Gasteiger partial charge in [0.2, 0.25) is 0 Å². The fourth-order valence-corrected chi connectivity index (χ4v) is 3.80. The van der Waals surface area contributed by atoms with Crippen molar-refractivity contribution in [2.24, 2.45) is 0 Å². The lowest BCUT2D eigenvalue weighted by atomic mass is 10.0. The third-order valence-electron chi connectivity index (χ3n) is 4.25. The van der Waals surface area contributed by atoms with E-state index in [2.05, 4.69) is 45.9 Å². The van der Waals surface area contributed by atoms with Crippen LogP contribution >= 0.6 is 0 Å². The van der Waals surface area contributed by atoms with Crippen LogP contribution in [0.15, 0.2) is 24.4 Å². The van der Waals surface area contributed by atoms with Gasteiger partial charge in [-0.05, 0) is 58.8 Å². The zero-order chi connectivity index (χ0) is 20.3. The van der Waals surface area contributed by atoms with Crippen molar-refractivity contribution in [3.63, 3.8) is 0 Å². The number of carbonyl (C=O) groups excluding carboxylic acids is 1. The number of amides is 1. The Morgan fingerprint density at radius 3 is 1.88 bits per heavy atom. The molecule has 0 aliphatic rings. The van der Waals surface area contributed by atoms with Gasteiger partial charge >= 0.3 is 6.09 Å². The van der Waals surface area contributed by atoms with Gasteiger partial charge < -0.3 is 9.16 Å². The Morgan fingerprint density at radius 1 is 1.08 bits per heavy atom. The van der Waals surface area contributed by atoms with E-state index in [1.807, 2.05) is 34.6 Å². The molecule has 0 aromatic heterocycles. The summed E-state index contributed by atoms with van der Waals surface area (Å²) in [6.45, 7) is 24.2. The second kappa shape index (κ2) is 8.06. The van der Waals surface area contributed by atoms with Crippen LogP contribution in [0.4, 0.5) is 4.79 Å². The van der Waals surface area contributed by atoms with E-state index in [0.29, 0.717) is 5.70 Å². The molecule has 25 heavy (non-hydrogen) atoms. The monoisotopic (exact) mass is 370 g/mol. The molecule has 1 amide bonds. The Balaban J connectivity index is 5.82. The summed E-state index contributed by atoms with van der Waals surface area (Å²) in [5, 5.41) is 1.44. The third-order valence-corrected chi connectivity index (χ3v) is 8.88. The molecule has 0 saturated carbocycles. The molecule has 0 aromatic rings. The van der Waals surface area contributed by atoms with E-state index in [1.54, 1.807) is 19.2 Å². The average Bonchev–Trinajstić information content (AvgIpc) is 2.33. The van der Waals surface area contributed by atoms with Gasteiger partial charge in [-0.2, -0.15) is 0 Å². The Bertz CT molecular complexity index is 512. The number of nitrogens with one attached hydrogen (secondary N) is 1.